The Morgan fingerprint density at radius 1 is 1.25 bits per heavy atom. The highest BCUT2D eigenvalue weighted by atomic mass is 127. The molecule has 2 aliphatic heterocycles. The van der Waals surface area contributed by atoms with Crippen molar-refractivity contribution in [3.63, 3.8) is 0 Å². The van der Waals surface area contributed by atoms with Gasteiger partial charge in [0.15, 0.2) is 5.96 Å². The van der Waals surface area contributed by atoms with Crippen LogP contribution in [0.1, 0.15) is 18.4 Å². The molecule has 2 aliphatic rings. The first-order chi connectivity index (χ1) is 13.2. The molecule has 0 spiro atoms. The molecule has 0 saturated carbocycles. The molecule has 5 nitrogen and oxygen atoms in total. The average Bonchev–Trinajstić information content (AvgIpc) is 3.12. The normalized spacial score (nSPS) is 20.9. The lowest BCUT2D eigenvalue weighted by Gasteiger charge is -2.29. The van der Waals surface area contributed by atoms with Gasteiger partial charge in [-0.25, -0.2) is 0 Å². The molecule has 1 atom stereocenters. The molecular weight excluding hydrogens is 510 g/mol. The van der Waals surface area contributed by atoms with E-state index in [-0.39, 0.29) is 24.0 Å². The van der Waals surface area contributed by atoms with E-state index in [2.05, 4.69) is 20.1 Å². The third kappa shape index (κ3) is 7.20. The molecule has 3 rings (SSSR count). The van der Waals surface area contributed by atoms with Gasteiger partial charge in [-0.15, -0.1) is 24.0 Å². The van der Waals surface area contributed by atoms with Gasteiger partial charge in [0.25, 0.3) is 0 Å². The highest BCUT2D eigenvalue weighted by molar-refractivity contribution is 14.0. The summed E-state index contributed by atoms with van der Waals surface area (Å²) in [6.07, 6.45) is 3.17. The summed E-state index contributed by atoms with van der Waals surface area (Å²) in [7, 11) is 1.87. The van der Waals surface area contributed by atoms with Gasteiger partial charge in [-0.1, -0.05) is 29.3 Å². The molecule has 2 heterocycles. The van der Waals surface area contributed by atoms with Crippen LogP contribution in [0.3, 0.4) is 0 Å². The van der Waals surface area contributed by atoms with Crippen LogP contribution in [0.5, 0.6) is 0 Å². The van der Waals surface area contributed by atoms with E-state index in [0.29, 0.717) is 5.02 Å². The van der Waals surface area contributed by atoms with Crippen molar-refractivity contribution >= 4 is 53.1 Å². The van der Waals surface area contributed by atoms with Gasteiger partial charge in [0.2, 0.25) is 0 Å². The predicted molar refractivity (Wildman–Crippen MR) is 128 cm³/mol. The molecule has 2 saturated heterocycles. The zero-order valence-corrected chi connectivity index (χ0v) is 20.3. The van der Waals surface area contributed by atoms with Crippen molar-refractivity contribution in [3.05, 3.63) is 33.8 Å². The van der Waals surface area contributed by atoms with Crippen molar-refractivity contribution in [2.75, 3.05) is 59.5 Å². The third-order valence-corrected chi connectivity index (χ3v) is 5.93. The number of rotatable bonds is 6. The Bertz CT molecular complexity index is 641. The number of benzene rings is 1. The molecule has 8 heteroatoms. The molecule has 1 N–H and O–H groups in total. The second kappa shape index (κ2) is 12.4. The average molecular weight is 541 g/mol. The van der Waals surface area contributed by atoms with Gasteiger partial charge in [-0.05, 0) is 42.9 Å². The topological polar surface area (TPSA) is 40.1 Å². The van der Waals surface area contributed by atoms with Crippen LogP contribution in [0.4, 0.5) is 0 Å². The summed E-state index contributed by atoms with van der Waals surface area (Å²) in [5.41, 5.74) is 1.14. The lowest BCUT2D eigenvalue weighted by Crippen LogP contribution is -2.42. The van der Waals surface area contributed by atoms with Crippen LogP contribution in [0.15, 0.2) is 23.2 Å². The van der Waals surface area contributed by atoms with Crippen molar-refractivity contribution < 1.29 is 4.74 Å². The molecule has 0 aromatic heterocycles. The molecule has 158 valence electrons. The standard InChI is InChI=1S/C20H30Cl2N4O.HI/c1-23-20(24-7-2-3-17-4-5-18(21)13-19(17)22)26-8-6-16(15-26)14-25-9-11-27-12-10-25;/h4-5,13,16H,2-3,6-12,14-15H2,1H3,(H,23,24);1H. The fourth-order valence-electron chi connectivity index (χ4n) is 3.86. The summed E-state index contributed by atoms with van der Waals surface area (Å²) in [5.74, 6) is 1.73. The highest BCUT2D eigenvalue weighted by Crippen LogP contribution is 2.22. The monoisotopic (exact) mass is 540 g/mol. The van der Waals surface area contributed by atoms with E-state index in [1.807, 2.05) is 25.2 Å². The van der Waals surface area contributed by atoms with Gasteiger partial charge in [0, 0.05) is 56.4 Å². The Kier molecular flexibility index (Phi) is 10.6. The number of aliphatic imine (C=N–C) groups is 1. The SMILES string of the molecule is CN=C(NCCCc1ccc(Cl)cc1Cl)N1CCC(CN2CCOCC2)C1.I. The van der Waals surface area contributed by atoms with Gasteiger partial charge < -0.3 is 15.0 Å². The Labute approximate surface area is 195 Å². The number of aryl methyl sites for hydroxylation is 1. The van der Waals surface area contributed by atoms with Crippen LogP contribution in [-0.2, 0) is 11.2 Å². The number of ether oxygens (including phenoxy) is 1. The van der Waals surface area contributed by atoms with Crippen LogP contribution in [0, 0.1) is 5.92 Å². The molecule has 0 amide bonds. The fraction of sp³-hybridized carbons (Fsp3) is 0.650. The van der Waals surface area contributed by atoms with Crippen LogP contribution in [-0.4, -0.2) is 75.3 Å². The molecular formula is C20H31Cl2IN4O. The van der Waals surface area contributed by atoms with Crippen LogP contribution in [0.2, 0.25) is 10.0 Å². The Balaban J connectivity index is 0.00000280. The summed E-state index contributed by atoms with van der Waals surface area (Å²) < 4.78 is 5.44. The van der Waals surface area contributed by atoms with Crippen molar-refractivity contribution in [3.8, 4) is 0 Å². The van der Waals surface area contributed by atoms with Gasteiger partial charge in [-0.3, -0.25) is 9.89 Å². The van der Waals surface area contributed by atoms with E-state index in [4.69, 9.17) is 27.9 Å². The quantitative estimate of drug-likeness (QED) is 0.258. The smallest absolute Gasteiger partial charge is 0.193 e. The Morgan fingerprint density at radius 2 is 2.04 bits per heavy atom. The predicted octanol–water partition coefficient (Wildman–Crippen LogP) is 3.77. The van der Waals surface area contributed by atoms with Gasteiger partial charge in [0.1, 0.15) is 0 Å². The van der Waals surface area contributed by atoms with Gasteiger partial charge in [0.05, 0.1) is 13.2 Å². The third-order valence-electron chi connectivity index (χ3n) is 5.34. The number of nitrogens with zero attached hydrogens (tertiary/aromatic N) is 3. The van der Waals surface area contributed by atoms with Gasteiger partial charge in [-0.2, -0.15) is 0 Å². The molecule has 1 unspecified atom stereocenters. The minimum Gasteiger partial charge on any atom is -0.379 e. The van der Waals surface area contributed by atoms with Gasteiger partial charge >= 0.3 is 0 Å². The number of hydrogen-bond acceptors (Lipinski definition) is 3. The molecule has 2 fully saturated rings. The number of morpholine rings is 1. The van der Waals surface area contributed by atoms with E-state index in [1.54, 1.807) is 0 Å². The largest absolute Gasteiger partial charge is 0.379 e. The first-order valence-corrected chi connectivity index (χ1v) is 10.6. The van der Waals surface area contributed by atoms with Crippen molar-refractivity contribution in [2.24, 2.45) is 10.9 Å². The summed E-state index contributed by atoms with van der Waals surface area (Å²) in [5, 5.41) is 4.94. The number of hydrogen-bond donors (Lipinski definition) is 1. The van der Waals surface area contributed by atoms with E-state index in [9.17, 15) is 0 Å². The molecule has 1 aromatic carbocycles. The maximum Gasteiger partial charge on any atom is 0.193 e. The second-order valence-electron chi connectivity index (χ2n) is 7.33. The summed E-state index contributed by atoms with van der Waals surface area (Å²) in [4.78, 5) is 9.40. The first kappa shape index (κ1) is 24.0. The van der Waals surface area contributed by atoms with E-state index < -0.39 is 0 Å². The lowest BCUT2D eigenvalue weighted by atomic mass is 10.1. The fourth-order valence-corrected chi connectivity index (χ4v) is 4.36. The Morgan fingerprint density at radius 3 is 2.75 bits per heavy atom. The lowest BCUT2D eigenvalue weighted by molar-refractivity contribution is 0.0315. The summed E-state index contributed by atoms with van der Waals surface area (Å²) >= 11 is 12.2. The van der Waals surface area contributed by atoms with Crippen molar-refractivity contribution in [1.29, 1.82) is 0 Å². The summed E-state index contributed by atoms with van der Waals surface area (Å²) in [6, 6.07) is 5.72. The van der Waals surface area contributed by atoms with Crippen LogP contribution >= 0.6 is 47.2 Å². The number of guanidine groups is 1. The first-order valence-electron chi connectivity index (χ1n) is 9.85. The van der Waals surface area contributed by atoms with Crippen LogP contribution < -0.4 is 5.32 Å². The summed E-state index contributed by atoms with van der Waals surface area (Å²) in [6.45, 7) is 8.10. The maximum absolute atomic E-state index is 6.25. The zero-order valence-electron chi connectivity index (χ0n) is 16.5. The minimum atomic E-state index is 0. The minimum absolute atomic E-state index is 0. The molecule has 0 aliphatic carbocycles. The van der Waals surface area contributed by atoms with Crippen molar-refractivity contribution in [1.82, 2.24) is 15.1 Å². The molecule has 1 aromatic rings. The zero-order chi connectivity index (χ0) is 19.1. The number of nitrogens with one attached hydrogen (secondary N) is 1. The Hall–Kier alpha value is -0.280. The molecule has 0 bridgehead atoms. The van der Waals surface area contributed by atoms with Crippen molar-refractivity contribution in [2.45, 2.75) is 19.3 Å². The van der Waals surface area contributed by atoms with E-state index >= 15 is 0 Å². The molecule has 0 radical (unpaired) electrons. The van der Waals surface area contributed by atoms with E-state index in [1.165, 1.54) is 13.0 Å². The number of halogens is 3. The maximum atomic E-state index is 6.25. The van der Waals surface area contributed by atoms with E-state index in [0.717, 1.165) is 81.2 Å². The molecule has 28 heavy (non-hydrogen) atoms. The second-order valence-corrected chi connectivity index (χ2v) is 8.17. The number of likely N-dealkylation sites (tertiary alicyclic amines) is 1. The van der Waals surface area contributed by atoms with Crippen LogP contribution in [0.25, 0.3) is 0 Å². The highest BCUT2D eigenvalue weighted by Gasteiger charge is 2.26.